The number of oxazole rings is 1. The number of urea groups is 1. The number of hydrogen-bond donors (Lipinski definition) is 2. The van der Waals surface area contributed by atoms with E-state index in [1.165, 1.54) is 30.7 Å². The molecule has 0 bridgehead atoms. The number of rotatable bonds is 4. The first-order valence-electron chi connectivity index (χ1n) is 8.67. The Balaban J connectivity index is 1.68. The van der Waals surface area contributed by atoms with E-state index < -0.39 is 18.1 Å². The summed E-state index contributed by atoms with van der Waals surface area (Å²) in [6, 6.07) is 10.1. The lowest BCUT2D eigenvalue weighted by Crippen LogP contribution is -2.38. The molecule has 0 saturated carbocycles. The second kappa shape index (κ2) is 8.27. The van der Waals surface area contributed by atoms with Gasteiger partial charge in [-0.1, -0.05) is 6.07 Å². The van der Waals surface area contributed by atoms with Crippen molar-refractivity contribution in [3.05, 3.63) is 60.6 Å². The zero-order valence-corrected chi connectivity index (χ0v) is 15.9. The molecule has 0 atom stereocenters. The molecule has 1 aromatic heterocycles. The average Bonchev–Trinajstić information content (AvgIpc) is 3.20. The van der Waals surface area contributed by atoms with Crippen molar-refractivity contribution in [2.24, 2.45) is 0 Å². The third-order valence-electron chi connectivity index (χ3n) is 4.22. The van der Waals surface area contributed by atoms with E-state index in [1.54, 1.807) is 24.4 Å². The van der Waals surface area contributed by atoms with Crippen LogP contribution in [0.3, 0.4) is 0 Å². The highest BCUT2D eigenvalue weighted by molar-refractivity contribution is 6.01. The number of carbonyl (C=O) groups excluding carboxylic acids is 2. The Morgan fingerprint density at radius 3 is 2.37 bits per heavy atom. The highest BCUT2D eigenvalue weighted by Crippen LogP contribution is 2.26. The number of benzene rings is 2. The van der Waals surface area contributed by atoms with Crippen molar-refractivity contribution < 1.29 is 27.2 Å². The monoisotopic (exact) mass is 418 g/mol. The summed E-state index contributed by atoms with van der Waals surface area (Å²) in [7, 11) is 1.01. The van der Waals surface area contributed by atoms with Gasteiger partial charge >= 0.3 is 18.1 Å². The number of aromatic nitrogens is 1. The van der Waals surface area contributed by atoms with Crippen LogP contribution in [0.15, 0.2) is 59.5 Å². The fourth-order valence-electron chi connectivity index (χ4n) is 2.76. The lowest BCUT2D eigenvalue weighted by Gasteiger charge is -2.19. The number of aryl methyl sites for hydroxylation is 1. The summed E-state index contributed by atoms with van der Waals surface area (Å²) in [5, 5.41) is 5.17. The van der Waals surface area contributed by atoms with Crippen LogP contribution in [0, 0.1) is 6.92 Å². The standard InChI is InChI=1S/C20H17F3N4O3/c1-12-8-14(6-7-16(12)17-10-24-11-30-17)26-19(29)25-13-4-3-5-15(9-13)27(2)18(28)20(21,22)23/h3-11H,1-2H3,(H2,25,26,29). The maximum absolute atomic E-state index is 12.6. The summed E-state index contributed by atoms with van der Waals surface area (Å²) in [6.45, 7) is 1.85. The maximum Gasteiger partial charge on any atom is 0.471 e. The van der Waals surface area contributed by atoms with Crippen LogP contribution in [0.4, 0.5) is 35.0 Å². The average molecular weight is 418 g/mol. The van der Waals surface area contributed by atoms with Gasteiger partial charge in [-0.2, -0.15) is 13.2 Å². The van der Waals surface area contributed by atoms with Crippen LogP contribution >= 0.6 is 0 Å². The molecule has 0 radical (unpaired) electrons. The SMILES string of the molecule is Cc1cc(NC(=O)Nc2cccc(N(C)C(=O)C(F)(F)F)c2)ccc1-c1cnco1. The first kappa shape index (κ1) is 20.9. The number of amides is 3. The molecule has 1 heterocycles. The van der Waals surface area contributed by atoms with Gasteiger partial charge in [-0.25, -0.2) is 9.78 Å². The van der Waals surface area contributed by atoms with E-state index in [9.17, 15) is 22.8 Å². The fraction of sp³-hybridized carbons (Fsp3) is 0.150. The van der Waals surface area contributed by atoms with Crippen molar-refractivity contribution in [2.45, 2.75) is 13.1 Å². The zero-order chi connectivity index (χ0) is 21.9. The molecule has 156 valence electrons. The summed E-state index contributed by atoms with van der Waals surface area (Å²) >= 11 is 0. The van der Waals surface area contributed by atoms with E-state index in [2.05, 4.69) is 15.6 Å². The Labute approximate surface area is 169 Å². The van der Waals surface area contributed by atoms with E-state index in [4.69, 9.17) is 4.42 Å². The molecule has 3 rings (SSSR count). The van der Waals surface area contributed by atoms with Crippen molar-refractivity contribution in [3.63, 3.8) is 0 Å². The molecule has 3 amide bonds. The summed E-state index contributed by atoms with van der Waals surface area (Å²) in [4.78, 5) is 28.0. The molecule has 0 fully saturated rings. The number of carbonyl (C=O) groups is 2. The number of nitrogens with zero attached hydrogens (tertiary/aromatic N) is 2. The molecule has 10 heteroatoms. The Kier molecular flexibility index (Phi) is 5.77. The number of anilines is 3. The third-order valence-corrected chi connectivity index (χ3v) is 4.22. The second-order valence-electron chi connectivity index (χ2n) is 6.39. The van der Waals surface area contributed by atoms with Gasteiger partial charge in [0, 0.05) is 29.7 Å². The van der Waals surface area contributed by atoms with Crippen LogP contribution in [-0.4, -0.2) is 30.1 Å². The van der Waals surface area contributed by atoms with Gasteiger partial charge in [0.05, 0.1) is 6.20 Å². The Hall–Kier alpha value is -3.82. The molecule has 30 heavy (non-hydrogen) atoms. The lowest BCUT2D eigenvalue weighted by molar-refractivity contribution is -0.170. The minimum Gasteiger partial charge on any atom is -0.444 e. The molecular weight excluding hydrogens is 401 g/mol. The van der Waals surface area contributed by atoms with E-state index >= 15 is 0 Å². The van der Waals surface area contributed by atoms with Crippen LogP contribution < -0.4 is 15.5 Å². The summed E-state index contributed by atoms with van der Waals surface area (Å²) < 4.78 is 43.1. The van der Waals surface area contributed by atoms with Crippen molar-refractivity contribution in [1.29, 1.82) is 0 Å². The molecule has 0 aliphatic heterocycles. The number of nitrogens with one attached hydrogen (secondary N) is 2. The molecule has 2 aromatic carbocycles. The van der Waals surface area contributed by atoms with Crippen molar-refractivity contribution in [3.8, 4) is 11.3 Å². The van der Waals surface area contributed by atoms with E-state index in [0.29, 0.717) is 16.3 Å². The predicted molar refractivity (Wildman–Crippen MR) is 105 cm³/mol. The van der Waals surface area contributed by atoms with Gasteiger partial charge in [0.25, 0.3) is 0 Å². The highest BCUT2D eigenvalue weighted by Gasteiger charge is 2.41. The van der Waals surface area contributed by atoms with Gasteiger partial charge in [-0.05, 0) is 48.9 Å². The predicted octanol–water partition coefficient (Wildman–Crippen LogP) is 4.82. The molecule has 2 N–H and O–H groups in total. The van der Waals surface area contributed by atoms with Crippen molar-refractivity contribution >= 4 is 29.0 Å². The smallest absolute Gasteiger partial charge is 0.444 e. The van der Waals surface area contributed by atoms with Gasteiger partial charge in [-0.15, -0.1) is 0 Å². The minimum atomic E-state index is -4.99. The number of hydrogen-bond acceptors (Lipinski definition) is 4. The van der Waals surface area contributed by atoms with Gasteiger partial charge in [0.2, 0.25) is 0 Å². The highest BCUT2D eigenvalue weighted by atomic mass is 19.4. The largest absolute Gasteiger partial charge is 0.471 e. The summed E-state index contributed by atoms with van der Waals surface area (Å²) in [5.74, 6) is -1.41. The third kappa shape index (κ3) is 4.77. The Morgan fingerprint density at radius 1 is 1.07 bits per heavy atom. The maximum atomic E-state index is 12.6. The Bertz CT molecular complexity index is 1070. The van der Waals surface area contributed by atoms with Crippen LogP contribution in [0.5, 0.6) is 0 Å². The van der Waals surface area contributed by atoms with E-state index in [-0.39, 0.29) is 11.4 Å². The van der Waals surface area contributed by atoms with E-state index in [0.717, 1.165) is 18.2 Å². The molecular formula is C20H17F3N4O3. The Morgan fingerprint density at radius 2 is 1.77 bits per heavy atom. The van der Waals surface area contributed by atoms with Crippen LogP contribution in [-0.2, 0) is 4.79 Å². The molecule has 3 aromatic rings. The number of halogens is 3. The first-order valence-corrected chi connectivity index (χ1v) is 8.67. The lowest BCUT2D eigenvalue weighted by atomic mass is 10.1. The zero-order valence-electron chi connectivity index (χ0n) is 15.9. The minimum absolute atomic E-state index is 0.0117. The van der Waals surface area contributed by atoms with Crippen molar-refractivity contribution in [2.75, 3.05) is 22.6 Å². The number of alkyl halides is 3. The first-order chi connectivity index (χ1) is 14.1. The molecule has 0 aliphatic rings. The molecule has 0 unspecified atom stereocenters. The summed E-state index contributed by atoms with van der Waals surface area (Å²) in [5.41, 5.74) is 2.39. The van der Waals surface area contributed by atoms with Gasteiger partial charge in [-0.3, -0.25) is 4.79 Å². The van der Waals surface area contributed by atoms with Gasteiger partial charge < -0.3 is 20.0 Å². The van der Waals surface area contributed by atoms with Gasteiger partial charge in [0.15, 0.2) is 12.2 Å². The van der Waals surface area contributed by atoms with Crippen LogP contribution in [0.25, 0.3) is 11.3 Å². The second-order valence-corrected chi connectivity index (χ2v) is 6.39. The topological polar surface area (TPSA) is 87.5 Å². The molecule has 0 spiro atoms. The fourth-order valence-corrected chi connectivity index (χ4v) is 2.76. The van der Waals surface area contributed by atoms with Crippen LogP contribution in [0.1, 0.15) is 5.56 Å². The van der Waals surface area contributed by atoms with E-state index in [1.807, 2.05) is 6.92 Å². The quantitative estimate of drug-likeness (QED) is 0.636. The van der Waals surface area contributed by atoms with Crippen molar-refractivity contribution in [1.82, 2.24) is 4.98 Å². The van der Waals surface area contributed by atoms with Crippen LogP contribution in [0.2, 0.25) is 0 Å². The summed E-state index contributed by atoms with van der Waals surface area (Å²) in [6.07, 6.45) is -2.09. The van der Waals surface area contributed by atoms with Gasteiger partial charge in [0.1, 0.15) is 0 Å². The molecule has 0 saturated heterocycles. The normalized spacial score (nSPS) is 11.1. The molecule has 7 nitrogen and oxygen atoms in total. The molecule has 0 aliphatic carbocycles.